The van der Waals surface area contributed by atoms with Crippen LogP contribution in [0.5, 0.6) is 0 Å². The van der Waals surface area contributed by atoms with E-state index in [1.165, 1.54) is 64.2 Å². The lowest BCUT2D eigenvalue weighted by atomic mass is 10.1. The number of unbranched alkanes of at least 4 members (excludes halogenated alkanes) is 10. The van der Waals surface area contributed by atoms with E-state index < -0.39 is 14.6 Å². The van der Waals surface area contributed by atoms with Gasteiger partial charge in [0.05, 0.1) is 0 Å². The minimum atomic E-state index is -2.74. The Morgan fingerprint density at radius 2 is 1.07 bits per heavy atom. The van der Waals surface area contributed by atoms with E-state index in [4.69, 9.17) is 18.0 Å². The first-order valence-corrected chi connectivity index (χ1v) is 14.6. The van der Waals surface area contributed by atoms with Crippen LogP contribution in [0.3, 0.4) is 0 Å². The number of hydrogen-bond acceptors (Lipinski definition) is 4. The molecule has 0 bridgehead atoms. The van der Waals surface area contributed by atoms with Crippen molar-refractivity contribution >= 4 is 8.80 Å². The third kappa shape index (κ3) is 14.7. The van der Waals surface area contributed by atoms with Crippen molar-refractivity contribution in [3.05, 3.63) is 0 Å². The predicted molar refractivity (Wildman–Crippen MR) is 126 cm³/mol. The fourth-order valence-electron chi connectivity index (χ4n) is 3.87. The van der Waals surface area contributed by atoms with Crippen molar-refractivity contribution < 1.29 is 18.0 Å². The molecule has 0 amide bonds. The van der Waals surface area contributed by atoms with E-state index in [-0.39, 0.29) is 0 Å². The van der Waals surface area contributed by atoms with Crippen LogP contribution in [0.25, 0.3) is 0 Å². The zero-order chi connectivity index (χ0) is 21.8. The van der Waals surface area contributed by atoms with Crippen LogP contribution < -0.4 is 0 Å². The van der Waals surface area contributed by atoms with Crippen LogP contribution >= 0.6 is 0 Å². The van der Waals surface area contributed by atoms with Crippen LogP contribution in [-0.4, -0.2) is 34.4 Å². The summed E-state index contributed by atoms with van der Waals surface area (Å²) < 4.78 is 25.2. The van der Waals surface area contributed by atoms with Crippen molar-refractivity contribution in [2.75, 3.05) is 19.8 Å². The Balaban J connectivity index is 4.84. The first-order chi connectivity index (χ1) is 14.0. The van der Waals surface area contributed by atoms with Gasteiger partial charge in [-0.2, -0.15) is 0 Å². The first kappa shape index (κ1) is 29.1. The average Bonchev–Trinajstić information content (AvgIpc) is 2.68. The highest BCUT2D eigenvalue weighted by atomic mass is 28.4. The molecule has 0 N–H and O–H groups in total. The standard InChI is InChI=1S/C24H52O4Si/c1-7-12-14-16-18-20-22-24(6,25-9-3)28-29(26-10-4,27-11-5)23-21-19-17-15-13-8-2/h7-23H2,1-6H3. The minimum Gasteiger partial charge on any atom is -0.374 e. The summed E-state index contributed by atoms with van der Waals surface area (Å²) in [6.45, 7) is 14.6. The summed E-state index contributed by atoms with van der Waals surface area (Å²) in [7, 11) is -2.74. The van der Waals surface area contributed by atoms with Gasteiger partial charge in [0.25, 0.3) is 0 Å². The van der Waals surface area contributed by atoms with Gasteiger partial charge in [0.2, 0.25) is 0 Å². The number of ether oxygens (including phenoxy) is 1. The summed E-state index contributed by atoms with van der Waals surface area (Å²) in [6.07, 6.45) is 16.1. The third-order valence-corrected chi connectivity index (χ3v) is 8.54. The van der Waals surface area contributed by atoms with Crippen LogP contribution in [0.2, 0.25) is 6.04 Å². The highest BCUT2D eigenvalue weighted by Gasteiger charge is 2.46. The molecule has 0 aromatic heterocycles. The highest BCUT2D eigenvalue weighted by molar-refractivity contribution is 6.60. The Morgan fingerprint density at radius 1 is 0.586 bits per heavy atom. The summed E-state index contributed by atoms with van der Waals surface area (Å²) >= 11 is 0. The van der Waals surface area contributed by atoms with Gasteiger partial charge in [-0.1, -0.05) is 78.1 Å². The van der Waals surface area contributed by atoms with Crippen LogP contribution in [0.4, 0.5) is 0 Å². The molecule has 0 aromatic rings. The fourth-order valence-corrected chi connectivity index (χ4v) is 6.84. The van der Waals surface area contributed by atoms with Crippen molar-refractivity contribution in [1.29, 1.82) is 0 Å². The Bertz CT molecular complexity index is 348. The van der Waals surface area contributed by atoms with Gasteiger partial charge in [-0.05, 0) is 40.5 Å². The van der Waals surface area contributed by atoms with E-state index in [9.17, 15) is 0 Å². The van der Waals surface area contributed by atoms with Crippen molar-refractivity contribution in [2.24, 2.45) is 0 Å². The third-order valence-electron chi connectivity index (χ3n) is 5.37. The summed E-state index contributed by atoms with van der Waals surface area (Å²) in [5.74, 6) is -0.613. The Labute approximate surface area is 183 Å². The second kappa shape index (κ2) is 18.8. The minimum absolute atomic E-state index is 0.613. The zero-order valence-corrected chi connectivity index (χ0v) is 21.7. The molecule has 4 nitrogen and oxygen atoms in total. The molecule has 1 atom stereocenters. The summed E-state index contributed by atoms with van der Waals surface area (Å²) in [5.41, 5.74) is 0. The molecule has 0 aliphatic heterocycles. The molecule has 0 fully saturated rings. The van der Waals surface area contributed by atoms with Crippen LogP contribution in [0, 0.1) is 0 Å². The molecule has 176 valence electrons. The molecule has 1 unspecified atom stereocenters. The monoisotopic (exact) mass is 432 g/mol. The van der Waals surface area contributed by atoms with Crippen LogP contribution in [0.15, 0.2) is 0 Å². The van der Waals surface area contributed by atoms with E-state index in [0.717, 1.165) is 25.3 Å². The van der Waals surface area contributed by atoms with Crippen molar-refractivity contribution in [3.63, 3.8) is 0 Å². The number of hydrogen-bond donors (Lipinski definition) is 0. The lowest BCUT2D eigenvalue weighted by Gasteiger charge is -2.39. The Morgan fingerprint density at radius 3 is 1.55 bits per heavy atom. The van der Waals surface area contributed by atoms with E-state index in [0.29, 0.717) is 19.8 Å². The largest absolute Gasteiger partial charge is 0.503 e. The maximum atomic E-state index is 6.67. The second-order valence-corrected chi connectivity index (χ2v) is 10.9. The maximum Gasteiger partial charge on any atom is 0.503 e. The first-order valence-electron chi connectivity index (χ1n) is 12.6. The molecule has 0 saturated carbocycles. The molecule has 0 saturated heterocycles. The molecule has 0 heterocycles. The molecular formula is C24H52O4Si. The summed E-state index contributed by atoms with van der Waals surface area (Å²) in [6, 6.07) is 0.889. The molecule has 0 rings (SSSR count). The normalized spacial score (nSPS) is 14.3. The van der Waals surface area contributed by atoms with Crippen LogP contribution in [-0.2, 0) is 18.0 Å². The Kier molecular flexibility index (Phi) is 18.8. The predicted octanol–water partition coefficient (Wildman–Crippen LogP) is 7.88. The maximum absolute atomic E-state index is 6.67. The highest BCUT2D eigenvalue weighted by Crippen LogP contribution is 2.31. The van der Waals surface area contributed by atoms with E-state index in [1.807, 2.05) is 20.8 Å². The SMILES string of the molecule is CCCCCCCCC(C)(OCC)O[Si](CCCCCCCC)(OCC)OCC. The zero-order valence-electron chi connectivity index (χ0n) is 20.7. The average molecular weight is 433 g/mol. The topological polar surface area (TPSA) is 36.9 Å². The van der Waals surface area contributed by atoms with Gasteiger partial charge in [-0.25, -0.2) is 0 Å². The van der Waals surface area contributed by atoms with Gasteiger partial charge in [-0.3, -0.25) is 0 Å². The molecule has 0 aliphatic carbocycles. The van der Waals surface area contributed by atoms with E-state index in [1.54, 1.807) is 0 Å². The van der Waals surface area contributed by atoms with Gasteiger partial charge < -0.3 is 18.0 Å². The smallest absolute Gasteiger partial charge is 0.374 e. The Hall–Kier alpha value is 0.0569. The van der Waals surface area contributed by atoms with Gasteiger partial charge >= 0.3 is 8.80 Å². The molecule has 0 radical (unpaired) electrons. The van der Waals surface area contributed by atoms with Gasteiger partial charge in [0, 0.05) is 32.3 Å². The van der Waals surface area contributed by atoms with Crippen molar-refractivity contribution in [3.8, 4) is 0 Å². The van der Waals surface area contributed by atoms with Gasteiger partial charge in [0.1, 0.15) is 0 Å². The second-order valence-electron chi connectivity index (χ2n) is 8.25. The summed E-state index contributed by atoms with van der Waals surface area (Å²) in [5, 5.41) is 0. The number of rotatable bonds is 22. The molecule has 0 spiro atoms. The van der Waals surface area contributed by atoms with Crippen LogP contribution in [0.1, 0.15) is 125 Å². The molecule has 0 aliphatic rings. The lowest BCUT2D eigenvalue weighted by Crippen LogP contribution is -2.53. The van der Waals surface area contributed by atoms with E-state index in [2.05, 4.69) is 20.8 Å². The van der Waals surface area contributed by atoms with Gasteiger partial charge in [-0.15, -0.1) is 0 Å². The molecule has 0 aromatic carbocycles. The summed E-state index contributed by atoms with van der Waals surface area (Å²) in [4.78, 5) is 0. The van der Waals surface area contributed by atoms with Crippen molar-refractivity contribution in [1.82, 2.24) is 0 Å². The molecular weight excluding hydrogens is 380 g/mol. The van der Waals surface area contributed by atoms with Crippen molar-refractivity contribution in [2.45, 2.75) is 137 Å². The quantitative estimate of drug-likeness (QED) is 0.0990. The fraction of sp³-hybridized carbons (Fsp3) is 1.00. The molecule has 29 heavy (non-hydrogen) atoms. The van der Waals surface area contributed by atoms with Gasteiger partial charge in [0.15, 0.2) is 5.79 Å². The van der Waals surface area contributed by atoms with E-state index >= 15 is 0 Å². The molecule has 5 heteroatoms. The lowest BCUT2D eigenvalue weighted by molar-refractivity contribution is -0.201.